The van der Waals surface area contributed by atoms with Gasteiger partial charge in [-0.15, -0.1) is 24.0 Å². The van der Waals surface area contributed by atoms with Crippen molar-refractivity contribution in [3.8, 4) is 0 Å². The lowest BCUT2D eigenvalue weighted by Crippen LogP contribution is -2.38. The van der Waals surface area contributed by atoms with E-state index in [0.717, 1.165) is 13.0 Å². The first kappa shape index (κ1) is 16.5. The van der Waals surface area contributed by atoms with E-state index in [1.54, 1.807) is 0 Å². The number of amides is 1. The highest BCUT2D eigenvalue weighted by atomic mass is 127. The van der Waals surface area contributed by atoms with Crippen LogP contribution in [0.4, 0.5) is 0 Å². The van der Waals surface area contributed by atoms with Gasteiger partial charge >= 0.3 is 0 Å². The van der Waals surface area contributed by atoms with Crippen molar-refractivity contribution in [2.75, 3.05) is 13.1 Å². The second kappa shape index (κ2) is 7.88. The SMILES string of the molecule is I.NC(=O)C1CCC(CNC(N)=NCC2CCC2)O1. The Bertz CT molecular complexity index is 334. The van der Waals surface area contributed by atoms with Gasteiger partial charge in [-0.1, -0.05) is 6.42 Å². The van der Waals surface area contributed by atoms with Crippen molar-refractivity contribution in [3.63, 3.8) is 0 Å². The summed E-state index contributed by atoms with van der Waals surface area (Å²) in [6.07, 6.45) is 4.94. The molecule has 2 aliphatic rings. The van der Waals surface area contributed by atoms with Crippen LogP contribution in [0.25, 0.3) is 0 Å². The predicted octanol–water partition coefficient (Wildman–Crippen LogP) is 0.342. The molecular formula is C12H23IN4O2. The Morgan fingerprint density at radius 3 is 2.53 bits per heavy atom. The fraction of sp³-hybridized carbons (Fsp3) is 0.833. The molecule has 0 aromatic heterocycles. The molecule has 0 radical (unpaired) electrons. The van der Waals surface area contributed by atoms with Crippen molar-refractivity contribution in [1.29, 1.82) is 0 Å². The Hall–Kier alpha value is -0.570. The molecule has 1 heterocycles. The Balaban J connectivity index is 0.00000180. The van der Waals surface area contributed by atoms with E-state index in [1.807, 2.05) is 0 Å². The van der Waals surface area contributed by atoms with Crippen LogP contribution in [0.5, 0.6) is 0 Å². The van der Waals surface area contributed by atoms with Crippen molar-refractivity contribution >= 4 is 35.8 Å². The van der Waals surface area contributed by atoms with Crippen molar-refractivity contribution in [1.82, 2.24) is 5.32 Å². The Morgan fingerprint density at radius 1 is 1.26 bits per heavy atom. The summed E-state index contributed by atoms with van der Waals surface area (Å²) in [6.45, 7) is 1.40. The van der Waals surface area contributed by atoms with Crippen LogP contribution in [-0.2, 0) is 9.53 Å². The van der Waals surface area contributed by atoms with Crippen LogP contribution in [0, 0.1) is 5.92 Å². The lowest BCUT2D eigenvalue weighted by Gasteiger charge is -2.23. The summed E-state index contributed by atoms with van der Waals surface area (Å²) in [6, 6.07) is 0. The molecule has 1 aliphatic heterocycles. The average molecular weight is 382 g/mol. The second-order valence-electron chi connectivity index (χ2n) is 5.13. The first-order valence-corrected chi connectivity index (χ1v) is 6.63. The number of aliphatic imine (C=N–C) groups is 1. The van der Waals surface area contributed by atoms with Gasteiger partial charge in [0.15, 0.2) is 5.96 Å². The topological polar surface area (TPSA) is 103 Å². The summed E-state index contributed by atoms with van der Waals surface area (Å²) >= 11 is 0. The quantitative estimate of drug-likeness (QED) is 0.363. The number of primary amides is 1. The lowest BCUT2D eigenvalue weighted by atomic mass is 9.86. The first-order valence-electron chi connectivity index (χ1n) is 6.63. The third kappa shape index (κ3) is 5.13. The Morgan fingerprint density at radius 2 is 2.00 bits per heavy atom. The van der Waals surface area contributed by atoms with Gasteiger partial charge < -0.3 is 21.5 Å². The van der Waals surface area contributed by atoms with Gasteiger partial charge in [-0.25, -0.2) is 0 Å². The van der Waals surface area contributed by atoms with E-state index in [2.05, 4.69) is 10.3 Å². The normalized spacial score (nSPS) is 27.5. The Kier molecular flexibility index (Phi) is 6.84. The van der Waals surface area contributed by atoms with Crippen LogP contribution < -0.4 is 16.8 Å². The third-order valence-corrected chi connectivity index (χ3v) is 3.68. The highest BCUT2D eigenvalue weighted by Crippen LogP contribution is 2.26. The number of halogens is 1. The molecule has 2 atom stereocenters. The molecule has 1 saturated carbocycles. The van der Waals surface area contributed by atoms with Gasteiger partial charge in [0, 0.05) is 13.1 Å². The zero-order valence-corrected chi connectivity index (χ0v) is 13.3. The fourth-order valence-corrected chi connectivity index (χ4v) is 2.24. The number of guanidine groups is 1. The molecule has 0 bridgehead atoms. The number of nitrogens with zero attached hydrogens (tertiary/aromatic N) is 1. The molecule has 7 heteroatoms. The van der Waals surface area contributed by atoms with Gasteiger partial charge in [-0.2, -0.15) is 0 Å². The molecule has 0 aromatic carbocycles. The maximum Gasteiger partial charge on any atom is 0.246 e. The van der Waals surface area contributed by atoms with Crippen molar-refractivity contribution in [3.05, 3.63) is 0 Å². The van der Waals surface area contributed by atoms with Gasteiger partial charge in [0.25, 0.3) is 0 Å². The zero-order chi connectivity index (χ0) is 13.0. The molecule has 1 aliphatic carbocycles. The van der Waals surface area contributed by atoms with Gasteiger partial charge in [-0.05, 0) is 31.6 Å². The maximum absolute atomic E-state index is 10.9. The Labute approximate surface area is 130 Å². The molecule has 1 amide bonds. The molecule has 6 nitrogen and oxygen atoms in total. The summed E-state index contributed by atoms with van der Waals surface area (Å²) in [7, 11) is 0. The van der Waals surface area contributed by atoms with Gasteiger partial charge in [-0.3, -0.25) is 9.79 Å². The number of rotatable bonds is 5. The summed E-state index contributed by atoms with van der Waals surface area (Å²) in [5.74, 6) is 0.796. The van der Waals surface area contributed by atoms with E-state index in [0.29, 0.717) is 24.8 Å². The minimum atomic E-state index is -0.440. The number of nitrogens with one attached hydrogen (secondary N) is 1. The van der Waals surface area contributed by atoms with Gasteiger partial charge in [0.1, 0.15) is 6.10 Å². The van der Waals surface area contributed by atoms with Gasteiger partial charge in [0.2, 0.25) is 5.91 Å². The van der Waals surface area contributed by atoms with Crippen LogP contribution in [0.1, 0.15) is 32.1 Å². The summed E-state index contributed by atoms with van der Waals surface area (Å²) in [5.41, 5.74) is 11.0. The monoisotopic (exact) mass is 382 g/mol. The van der Waals surface area contributed by atoms with E-state index in [-0.39, 0.29) is 36.0 Å². The molecule has 1 saturated heterocycles. The van der Waals surface area contributed by atoms with Crippen LogP contribution >= 0.6 is 24.0 Å². The fourth-order valence-electron chi connectivity index (χ4n) is 2.24. The number of carbonyl (C=O) groups excluding carboxylic acids is 1. The van der Waals surface area contributed by atoms with E-state index in [4.69, 9.17) is 16.2 Å². The van der Waals surface area contributed by atoms with E-state index in [9.17, 15) is 4.79 Å². The molecule has 0 spiro atoms. The minimum absolute atomic E-state index is 0. The molecular weight excluding hydrogens is 359 g/mol. The maximum atomic E-state index is 10.9. The molecule has 5 N–H and O–H groups in total. The standard InChI is InChI=1S/C12H22N4O2.HI/c13-11(17)10-5-4-9(18-10)7-16-12(14)15-6-8-2-1-3-8;/h8-10H,1-7H2,(H2,13,17)(H3,14,15,16);1H. The van der Waals surface area contributed by atoms with Crippen LogP contribution in [0.15, 0.2) is 4.99 Å². The van der Waals surface area contributed by atoms with Crippen LogP contribution in [0.2, 0.25) is 0 Å². The number of carbonyl (C=O) groups is 1. The van der Waals surface area contributed by atoms with Crippen molar-refractivity contribution < 1.29 is 9.53 Å². The number of nitrogens with two attached hydrogens (primary N) is 2. The molecule has 2 fully saturated rings. The molecule has 0 aromatic rings. The number of hydrogen-bond acceptors (Lipinski definition) is 3. The molecule has 2 rings (SSSR count). The highest BCUT2D eigenvalue weighted by Gasteiger charge is 2.28. The summed E-state index contributed by atoms with van der Waals surface area (Å²) in [5, 5.41) is 3.04. The third-order valence-electron chi connectivity index (χ3n) is 3.68. The molecule has 2 unspecified atom stereocenters. The number of hydrogen-bond donors (Lipinski definition) is 3. The van der Waals surface area contributed by atoms with Crippen molar-refractivity contribution in [2.45, 2.75) is 44.3 Å². The minimum Gasteiger partial charge on any atom is -0.370 e. The summed E-state index contributed by atoms with van der Waals surface area (Å²) in [4.78, 5) is 15.2. The zero-order valence-electron chi connectivity index (χ0n) is 11.0. The second-order valence-corrected chi connectivity index (χ2v) is 5.13. The highest BCUT2D eigenvalue weighted by molar-refractivity contribution is 14.0. The lowest BCUT2D eigenvalue weighted by molar-refractivity contribution is -0.128. The average Bonchev–Trinajstić information content (AvgIpc) is 2.73. The molecule has 19 heavy (non-hydrogen) atoms. The molecule has 110 valence electrons. The van der Waals surface area contributed by atoms with E-state index >= 15 is 0 Å². The van der Waals surface area contributed by atoms with E-state index in [1.165, 1.54) is 19.3 Å². The van der Waals surface area contributed by atoms with Crippen molar-refractivity contribution in [2.24, 2.45) is 22.4 Å². The van der Waals surface area contributed by atoms with Crippen LogP contribution in [-0.4, -0.2) is 37.2 Å². The summed E-state index contributed by atoms with van der Waals surface area (Å²) < 4.78 is 5.48. The number of ether oxygens (including phenoxy) is 1. The smallest absolute Gasteiger partial charge is 0.246 e. The van der Waals surface area contributed by atoms with Gasteiger partial charge in [0.05, 0.1) is 6.10 Å². The predicted molar refractivity (Wildman–Crippen MR) is 84.3 cm³/mol. The largest absolute Gasteiger partial charge is 0.370 e. The van der Waals surface area contributed by atoms with Crippen LogP contribution in [0.3, 0.4) is 0 Å². The van der Waals surface area contributed by atoms with E-state index < -0.39 is 6.10 Å². The first-order chi connectivity index (χ1) is 8.65.